The van der Waals surface area contributed by atoms with Gasteiger partial charge in [0, 0.05) is 31.4 Å². The minimum Gasteiger partial charge on any atom is -0.493 e. The number of amides is 2. The molecule has 4 aromatic carbocycles. The van der Waals surface area contributed by atoms with Crippen molar-refractivity contribution in [1.82, 2.24) is 10.0 Å². The highest BCUT2D eigenvalue weighted by Gasteiger charge is 2.36. The van der Waals surface area contributed by atoms with Gasteiger partial charge in [0.2, 0.25) is 36.1 Å². The Morgan fingerprint density at radius 3 is 1.38 bits per heavy atom. The van der Waals surface area contributed by atoms with E-state index in [-0.39, 0.29) is 11.8 Å². The van der Waals surface area contributed by atoms with E-state index in [2.05, 4.69) is 10.2 Å². The van der Waals surface area contributed by atoms with Gasteiger partial charge >= 0.3 is 0 Å². The fourth-order valence-corrected chi connectivity index (χ4v) is 4.99. The molecule has 6 rings (SSSR count). The SMILES string of the molecule is CC(=O)N1N=C(c2ccccc2)OC1c1ccccc1OCCCOc1ccccc1C1OC(c2ccccc2)=NN1C(C)=O. The number of carbonyl (C=O) groups excluding carboxylic acids is 2. The van der Waals surface area contributed by atoms with Gasteiger partial charge in [0.1, 0.15) is 11.5 Å². The number of hydrogen-bond acceptors (Lipinski definition) is 8. The van der Waals surface area contributed by atoms with E-state index in [1.807, 2.05) is 109 Å². The quantitative estimate of drug-likeness (QED) is 0.206. The maximum atomic E-state index is 12.5. The van der Waals surface area contributed by atoms with Crippen LogP contribution in [0.4, 0.5) is 0 Å². The summed E-state index contributed by atoms with van der Waals surface area (Å²) in [7, 11) is 0. The lowest BCUT2D eigenvalue weighted by Crippen LogP contribution is -2.26. The van der Waals surface area contributed by atoms with Crippen LogP contribution in [0, 0.1) is 0 Å². The first-order valence-corrected chi connectivity index (χ1v) is 14.6. The van der Waals surface area contributed by atoms with Gasteiger partial charge in [0.15, 0.2) is 0 Å². The van der Waals surface area contributed by atoms with Crippen LogP contribution in [0.1, 0.15) is 55.0 Å². The molecule has 0 saturated carbocycles. The van der Waals surface area contributed by atoms with Crippen LogP contribution in [0.3, 0.4) is 0 Å². The number of benzene rings is 4. The predicted octanol–water partition coefficient (Wildman–Crippen LogP) is 6.01. The summed E-state index contributed by atoms with van der Waals surface area (Å²) in [5, 5.41) is 11.5. The molecule has 45 heavy (non-hydrogen) atoms. The molecule has 10 nitrogen and oxygen atoms in total. The molecule has 228 valence electrons. The van der Waals surface area contributed by atoms with Gasteiger partial charge < -0.3 is 18.9 Å². The summed E-state index contributed by atoms with van der Waals surface area (Å²) >= 11 is 0. The first-order valence-electron chi connectivity index (χ1n) is 14.6. The maximum absolute atomic E-state index is 12.5. The molecule has 2 unspecified atom stereocenters. The second-order valence-corrected chi connectivity index (χ2v) is 10.3. The Bertz CT molecular complexity index is 1600. The summed E-state index contributed by atoms with van der Waals surface area (Å²) in [6.45, 7) is 3.60. The van der Waals surface area contributed by atoms with Crippen LogP contribution in [0.5, 0.6) is 11.5 Å². The number of hydrazone groups is 2. The van der Waals surface area contributed by atoms with Crippen molar-refractivity contribution in [2.24, 2.45) is 10.2 Å². The van der Waals surface area contributed by atoms with E-state index in [1.165, 1.54) is 23.9 Å². The minimum atomic E-state index is -0.754. The highest BCUT2D eigenvalue weighted by Crippen LogP contribution is 2.37. The molecule has 0 aliphatic carbocycles. The maximum Gasteiger partial charge on any atom is 0.243 e. The van der Waals surface area contributed by atoms with Crippen LogP contribution >= 0.6 is 0 Å². The zero-order valence-electron chi connectivity index (χ0n) is 24.9. The smallest absolute Gasteiger partial charge is 0.243 e. The summed E-state index contributed by atoms with van der Waals surface area (Å²) in [4.78, 5) is 24.9. The van der Waals surface area contributed by atoms with Crippen molar-refractivity contribution < 1.29 is 28.5 Å². The number of carbonyl (C=O) groups is 2. The van der Waals surface area contributed by atoms with Gasteiger partial charge in [0.05, 0.1) is 24.3 Å². The standard InChI is InChI=1S/C35H32N4O6/c1-24(40)38-34(44-32(36-38)26-14-5-3-6-15-26)28-18-9-11-20-30(28)42-22-13-23-43-31-21-12-10-19-29(31)35-39(25(2)41)37-33(45-35)27-16-7-4-8-17-27/h3-12,14-21,34-35H,13,22-23H2,1-2H3. The normalized spacial score (nSPS) is 17.2. The van der Waals surface area contributed by atoms with E-state index >= 15 is 0 Å². The molecule has 0 spiro atoms. The van der Waals surface area contributed by atoms with Gasteiger partial charge in [0.25, 0.3) is 0 Å². The van der Waals surface area contributed by atoms with E-state index in [9.17, 15) is 9.59 Å². The van der Waals surface area contributed by atoms with Crippen molar-refractivity contribution in [2.45, 2.75) is 32.7 Å². The second-order valence-electron chi connectivity index (χ2n) is 10.3. The van der Waals surface area contributed by atoms with E-state index in [1.54, 1.807) is 0 Å². The molecule has 2 atom stereocenters. The Morgan fingerprint density at radius 1 is 0.600 bits per heavy atom. The van der Waals surface area contributed by atoms with Gasteiger partial charge in [-0.1, -0.05) is 60.7 Å². The average Bonchev–Trinajstić information content (AvgIpc) is 3.72. The third kappa shape index (κ3) is 6.50. The lowest BCUT2D eigenvalue weighted by atomic mass is 10.1. The third-order valence-corrected chi connectivity index (χ3v) is 7.15. The van der Waals surface area contributed by atoms with Crippen LogP contribution in [-0.4, -0.2) is 46.8 Å². The Morgan fingerprint density at radius 2 is 0.978 bits per heavy atom. The predicted molar refractivity (Wildman–Crippen MR) is 167 cm³/mol. The van der Waals surface area contributed by atoms with Gasteiger partial charge in [-0.15, -0.1) is 10.2 Å². The second kappa shape index (κ2) is 13.3. The summed E-state index contributed by atoms with van der Waals surface area (Å²) < 4.78 is 24.6. The highest BCUT2D eigenvalue weighted by atomic mass is 16.5. The minimum absolute atomic E-state index is 0.247. The van der Waals surface area contributed by atoms with E-state index in [0.717, 1.165) is 11.1 Å². The van der Waals surface area contributed by atoms with E-state index in [4.69, 9.17) is 18.9 Å². The van der Waals surface area contributed by atoms with Gasteiger partial charge in [-0.05, 0) is 48.5 Å². The van der Waals surface area contributed by atoms with Crippen LogP contribution in [0.25, 0.3) is 0 Å². The monoisotopic (exact) mass is 604 g/mol. The van der Waals surface area contributed by atoms with Crippen molar-refractivity contribution in [3.05, 3.63) is 131 Å². The Kier molecular flexibility index (Phi) is 8.72. The molecule has 0 N–H and O–H groups in total. The topological polar surface area (TPSA) is 102 Å². The molecule has 2 aliphatic heterocycles. The number of ether oxygens (including phenoxy) is 4. The van der Waals surface area contributed by atoms with Crippen LogP contribution in [0.15, 0.2) is 119 Å². The van der Waals surface area contributed by atoms with Crippen molar-refractivity contribution in [3.8, 4) is 11.5 Å². The van der Waals surface area contributed by atoms with Crippen LogP contribution in [0.2, 0.25) is 0 Å². The van der Waals surface area contributed by atoms with Crippen LogP contribution < -0.4 is 9.47 Å². The van der Waals surface area contributed by atoms with Crippen molar-refractivity contribution in [3.63, 3.8) is 0 Å². The first kappa shape index (κ1) is 29.4. The molecule has 0 fully saturated rings. The Hall–Kier alpha value is -5.64. The van der Waals surface area contributed by atoms with Gasteiger partial charge in [-0.3, -0.25) is 9.59 Å². The molecule has 2 aliphatic rings. The zero-order valence-corrected chi connectivity index (χ0v) is 24.9. The molecular formula is C35H32N4O6. The highest BCUT2D eigenvalue weighted by molar-refractivity contribution is 5.97. The average molecular weight is 605 g/mol. The van der Waals surface area contributed by atoms with Crippen molar-refractivity contribution in [1.29, 1.82) is 0 Å². The first-order chi connectivity index (χ1) is 22.0. The molecule has 2 heterocycles. The van der Waals surface area contributed by atoms with Gasteiger partial charge in [-0.2, -0.15) is 10.0 Å². The molecule has 0 radical (unpaired) electrons. The molecule has 10 heteroatoms. The molecule has 0 bridgehead atoms. The van der Waals surface area contributed by atoms with Gasteiger partial charge in [-0.25, -0.2) is 0 Å². The van der Waals surface area contributed by atoms with Crippen molar-refractivity contribution >= 4 is 23.6 Å². The number of hydrogen-bond donors (Lipinski definition) is 0. The molecule has 2 amide bonds. The number of nitrogens with zero attached hydrogens (tertiary/aromatic N) is 4. The largest absolute Gasteiger partial charge is 0.493 e. The Labute approximate surface area is 261 Å². The fraction of sp³-hybridized carbons (Fsp3) is 0.200. The van der Waals surface area contributed by atoms with E-state index in [0.29, 0.717) is 54.1 Å². The summed E-state index contributed by atoms with van der Waals surface area (Å²) in [6.07, 6.45) is -0.948. The molecule has 0 saturated heterocycles. The fourth-order valence-electron chi connectivity index (χ4n) is 4.99. The third-order valence-electron chi connectivity index (χ3n) is 7.15. The summed E-state index contributed by atoms with van der Waals surface area (Å²) in [6, 6.07) is 33.8. The molecule has 0 aromatic heterocycles. The number of rotatable bonds is 10. The lowest BCUT2D eigenvalue weighted by molar-refractivity contribution is -0.136. The van der Waals surface area contributed by atoms with Crippen molar-refractivity contribution in [2.75, 3.05) is 13.2 Å². The summed E-state index contributed by atoms with van der Waals surface area (Å²) in [5.74, 6) is 1.41. The Balaban J connectivity index is 1.09. The van der Waals surface area contributed by atoms with Crippen LogP contribution in [-0.2, 0) is 19.1 Å². The zero-order chi connectivity index (χ0) is 31.2. The molecule has 4 aromatic rings. The molecular weight excluding hydrogens is 572 g/mol. The lowest BCUT2D eigenvalue weighted by Gasteiger charge is -2.22. The number of para-hydroxylation sites is 2. The van der Waals surface area contributed by atoms with E-state index < -0.39 is 12.5 Å². The summed E-state index contributed by atoms with van der Waals surface area (Å²) in [5.41, 5.74) is 2.93.